The Morgan fingerprint density at radius 3 is 2.62 bits per heavy atom. The summed E-state index contributed by atoms with van der Waals surface area (Å²) in [5.41, 5.74) is 1.80. The van der Waals surface area contributed by atoms with Gasteiger partial charge in [0.25, 0.3) is 0 Å². The van der Waals surface area contributed by atoms with Crippen LogP contribution in [0.2, 0.25) is 0 Å². The van der Waals surface area contributed by atoms with E-state index in [0.717, 1.165) is 30.6 Å². The van der Waals surface area contributed by atoms with Crippen LogP contribution in [0.3, 0.4) is 0 Å². The summed E-state index contributed by atoms with van der Waals surface area (Å²) in [6.45, 7) is 3.45. The SMILES string of the molecule is CCCCNC1=CCN(S(=O)(=O)Cc2ccccc2)C=C1. The molecule has 2 rings (SSSR count). The van der Waals surface area contributed by atoms with Gasteiger partial charge in [0.05, 0.1) is 12.3 Å². The molecule has 21 heavy (non-hydrogen) atoms. The number of allylic oxidation sites excluding steroid dienone is 1. The van der Waals surface area contributed by atoms with Gasteiger partial charge in [-0.1, -0.05) is 43.7 Å². The number of nitrogens with zero attached hydrogens (tertiary/aromatic N) is 1. The van der Waals surface area contributed by atoms with E-state index in [-0.39, 0.29) is 5.75 Å². The van der Waals surface area contributed by atoms with Crippen LogP contribution in [-0.2, 0) is 15.8 Å². The maximum absolute atomic E-state index is 12.3. The average Bonchev–Trinajstić information content (AvgIpc) is 2.49. The Balaban J connectivity index is 1.93. The summed E-state index contributed by atoms with van der Waals surface area (Å²) in [4.78, 5) is 0. The number of benzene rings is 1. The highest BCUT2D eigenvalue weighted by molar-refractivity contribution is 7.88. The third-order valence-corrected chi connectivity index (χ3v) is 5.00. The first kappa shape index (κ1) is 15.6. The molecule has 0 aromatic heterocycles. The van der Waals surface area contributed by atoms with Crippen LogP contribution in [0.4, 0.5) is 0 Å². The Bertz CT molecular complexity index is 606. The highest BCUT2D eigenvalue weighted by atomic mass is 32.2. The quantitative estimate of drug-likeness (QED) is 0.788. The lowest BCUT2D eigenvalue weighted by atomic mass is 10.2. The van der Waals surface area contributed by atoms with E-state index in [4.69, 9.17) is 0 Å². The first-order chi connectivity index (χ1) is 10.1. The van der Waals surface area contributed by atoms with Crippen LogP contribution in [0.5, 0.6) is 0 Å². The number of hydrogen-bond donors (Lipinski definition) is 1. The molecule has 0 spiro atoms. The predicted molar refractivity (Wildman–Crippen MR) is 85.9 cm³/mol. The zero-order valence-electron chi connectivity index (χ0n) is 12.3. The normalized spacial score (nSPS) is 14.9. The Labute approximate surface area is 127 Å². The molecule has 0 fully saturated rings. The molecule has 0 radical (unpaired) electrons. The lowest BCUT2D eigenvalue weighted by molar-refractivity contribution is 0.516. The highest BCUT2D eigenvalue weighted by Gasteiger charge is 2.20. The van der Waals surface area contributed by atoms with Gasteiger partial charge in [0.2, 0.25) is 10.0 Å². The third kappa shape index (κ3) is 4.63. The van der Waals surface area contributed by atoms with Crippen LogP contribution >= 0.6 is 0 Å². The van der Waals surface area contributed by atoms with Gasteiger partial charge < -0.3 is 5.32 Å². The van der Waals surface area contributed by atoms with E-state index in [2.05, 4.69) is 12.2 Å². The van der Waals surface area contributed by atoms with Crippen LogP contribution in [0, 0.1) is 0 Å². The second kappa shape index (κ2) is 7.31. The minimum Gasteiger partial charge on any atom is -0.385 e. The van der Waals surface area contributed by atoms with Crippen molar-refractivity contribution in [3.05, 3.63) is 59.9 Å². The molecule has 5 heteroatoms. The predicted octanol–water partition coefficient (Wildman–Crippen LogP) is 2.62. The smallest absolute Gasteiger partial charge is 0.239 e. The van der Waals surface area contributed by atoms with Crippen molar-refractivity contribution in [1.29, 1.82) is 0 Å². The van der Waals surface area contributed by atoms with Gasteiger partial charge in [-0.2, -0.15) is 0 Å². The van der Waals surface area contributed by atoms with Crippen LogP contribution in [-0.4, -0.2) is 25.8 Å². The standard InChI is InChI=1S/C16H22N2O2S/c1-2-3-11-17-16-9-12-18(13-10-16)21(19,20)14-15-7-5-4-6-8-15/h4-10,12,17H,2-3,11,13-14H2,1H3. The fourth-order valence-electron chi connectivity index (χ4n) is 2.10. The molecule has 1 aromatic carbocycles. The van der Waals surface area contributed by atoms with Gasteiger partial charge in [0.15, 0.2) is 0 Å². The Morgan fingerprint density at radius 1 is 1.24 bits per heavy atom. The highest BCUT2D eigenvalue weighted by Crippen LogP contribution is 2.15. The molecular weight excluding hydrogens is 284 g/mol. The molecule has 114 valence electrons. The molecule has 0 saturated heterocycles. The van der Waals surface area contributed by atoms with Crippen molar-refractivity contribution in [2.75, 3.05) is 13.1 Å². The van der Waals surface area contributed by atoms with Gasteiger partial charge in [-0.15, -0.1) is 0 Å². The zero-order valence-corrected chi connectivity index (χ0v) is 13.1. The number of unbranched alkanes of at least 4 members (excludes halogenated alkanes) is 1. The topological polar surface area (TPSA) is 49.4 Å². The van der Waals surface area contributed by atoms with Gasteiger partial charge in [-0.05, 0) is 24.1 Å². The van der Waals surface area contributed by atoms with E-state index in [1.54, 1.807) is 6.20 Å². The zero-order chi connectivity index (χ0) is 15.1. The van der Waals surface area contributed by atoms with Gasteiger partial charge >= 0.3 is 0 Å². The van der Waals surface area contributed by atoms with Crippen LogP contribution in [0.15, 0.2) is 54.4 Å². The minimum atomic E-state index is -3.31. The van der Waals surface area contributed by atoms with Crippen LogP contribution < -0.4 is 5.32 Å². The Hall–Kier alpha value is -1.75. The Morgan fingerprint density at radius 2 is 2.00 bits per heavy atom. The second-order valence-corrected chi connectivity index (χ2v) is 6.99. The lowest BCUT2D eigenvalue weighted by Crippen LogP contribution is -2.30. The first-order valence-electron chi connectivity index (χ1n) is 7.27. The van der Waals surface area contributed by atoms with E-state index < -0.39 is 10.0 Å². The van der Waals surface area contributed by atoms with E-state index in [0.29, 0.717) is 6.54 Å². The monoisotopic (exact) mass is 306 g/mol. The van der Waals surface area contributed by atoms with Crippen molar-refractivity contribution in [3.8, 4) is 0 Å². The van der Waals surface area contributed by atoms with Crippen molar-refractivity contribution >= 4 is 10.0 Å². The van der Waals surface area contributed by atoms with Crippen LogP contribution in [0.1, 0.15) is 25.3 Å². The molecule has 1 aliphatic rings. The van der Waals surface area contributed by atoms with E-state index in [9.17, 15) is 8.42 Å². The lowest BCUT2D eigenvalue weighted by Gasteiger charge is -2.23. The van der Waals surface area contributed by atoms with E-state index in [1.807, 2.05) is 42.5 Å². The second-order valence-electron chi connectivity index (χ2n) is 5.07. The molecule has 0 unspecified atom stereocenters. The van der Waals surface area contributed by atoms with Crippen molar-refractivity contribution in [3.63, 3.8) is 0 Å². The molecule has 0 amide bonds. The molecular formula is C16H22N2O2S. The third-order valence-electron chi connectivity index (χ3n) is 3.32. The number of nitrogens with one attached hydrogen (secondary N) is 1. The molecule has 1 aromatic rings. The molecule has 1 N–H and O–H groups in total. The van der Waals surface area contributed by atoms with Crippen molar-refractivity contribution in [2.45, 2.75) is 25.5 Å². The summed E-state index contributed by atoms with van der Waals surface area (Å²) in [5, 5.41) is 3.30. The number of hydrogen-bond acceptors (Lipinski definition) is 3. The van der Waals surface area contributed by atoms with Crippen molar-refractivity contribution in [2.24, 2.45) is 0 Å². The van der Waals surface area contributed by atoms with Gasteiger partial charge in [-0.3, -0.25) is 4.31 Å². The maximum Gasteiger partial charge on any atom is 0.239 e. The summed E-state index contributed by atoms with van der Waals surface area (Å²) in [7, 11) is -3.31. The largest absolute Gasteiger partial charge is 0.385 e. The molecule has 4 nitrogen and oxygen atoms in total. The molecule has 1 heterocycles. The maximum atomic E-state index is 12.3. The molecule has 0 atom stereocenters. The molecule has 0 bridgehead atoms. The van der Waals surface area contributed by atoms with Crippen molar-refractivity contribution < 1.29 is 8.42 Å². The first-order valence-corrected chi connectivity index (χ1v) is 8.88. The van der Waals surface area contributed by atoms with Crippen LogP contribution in [0.25, 0.3) is 0 Å². The number of sulfonamides is 1. The average molecular weight is 306 g/mol. The van der Waals surface area contributed by atoms with Gasteiger partial charge in [-0.25, -0.2) is 8.42 Å². The molecule has 0 saturated carbocycles. The fourth-order valence-corrected chi connectivity index (χ4v) is 3.42. The fraction of sp³-hybridized carbons (Fsp3) is 0.375. The summed E-state index contributed by atoms with van der Waals surface area (Å²) < 4.78 is 26.1. The summed E-state index contributed by atoms with van der Waals surface area (Å²) in [5.74, 6) is 0.0324. The summed E-state index contributed by atoms with van der Waals surface area (Å²) >= 11 is 0. The molecule has 1 aliphatic heterocycles. The molecule has 0 aliphatic carbocycles. The minimum absolute atomic E-state index is 0.0324. The van der Waals surface area contributed by atoms with Gasteiger partial charge in [0, 0.05) is 18.4 Å². The number of rotatable bonds is 7. The summed E-state index contributed by atoms with van der Waals surface area (Å²) in [6, 6.07) is 9.25. The van der Waals surface area contributed by atoms with E-state index in [1.165, 1.54) is 4.31 Å². The van der Waals surface area contributed by atoms with Crippen molar-refractivity contribution in [1.82, 2.24) is 9.62 Å². The van der Waals surface area contributed by atoms with E-state index >= 15 is 0 Å². The summed E-state index contributed by atoms with van der Waals surface area (Å²) in [6.07, 6.45) is 7.63. The van der Waals surface area contributed by atoms with Gasteiger partial charge in [0.1, 0.15) is 0 Å². The Kier molecular flexibility index (Phi) is 5.44.